The summed E-state index contributed by atoms with van der Waals surface area (Å²) >= 11 is 0. The van der Waals surface area contributed by atoms with Crippen LogP contribution in [-0.4, -0.2) is 23.1 Å². The highest BCUT2D eigenvalue weighted by Crippen LogP contribution is 2.39. The van der Waals surface area contributed by atoms with Crippen molar-refractivity contribution in [1.82, 2.24) is 0 Å². The molecule has 0 spiro atoms. The Morgan fingerprint density at radius 1 is 1.04 bits per heavy atom. The maximum atomic E-state index is 13.1. The first kappa shape index (κ1) is 16.1. The molecule has 2 aromatic carbocycles. The zero-order valence-electron chi connectivity index (χ0n) is 13.7. The number of carboxylic acids is 1. The summed E-state index contributed by atoms with van der Waals surface area (Å²) < 4.78 is 10.5. The Kier molecular flexibility index (Phi) is 3.79. The lowest BCUT2D eigenvalue weighted by molar-refractivity contribution is -0.154. The maximum absolute atomic E-state index is 13.1. The van der Waals surface area contributed by atoms with Gasteiger partial charge in [-0.15, -0.1) is 0 Å². The summed E-state index contributed by atoms with van der Waals surface area (Å²) in [7, 11) is 0. The van der Waals surface area contributed by atoms with Crippen molar-refractivity contribution < 1.29 is 24.2 Å². The summed E-state index contributed by atoms with van der Waals surface area (Å²) in [6.07, 6.45) is -1.37. The fraction of sp³-hybridized carbons (Fsp3) is 0.263. The third-order valence-electron chi connectivity index (χ3n) is 4.27. The van der Waals surface area contributed by atoms with Crippen LogP contribution in [0.4, 0.5) is 0 Å². The summed E-state index contributed by atoms with van der Waals surface area (Å²) in [5, 5.41) is 8.99. The van der Waals surface area contributed by atoms with E-state index in [4.69, 9.17) is 14.6 Å². The predicted octanol–water partition coefficient (Wildman–Crippen LogP) is 3.34. The van der Waals surface area contributed by atoms with Gasteiger partial charge in [0.2, 0.25) is 0 Å². The highest BCUT2D eigenvalue weighted by molar-refractivity contribution is 6.05. The van der Waals surface area contributed by atoms with Gasteiger partial charge in [-0.2, -0.15) is 0 Å². The van der Waals surface area contributed by atoms with E-state index in [-0.39, 0.29) is 11.5 Å². The second kappa shape index (κ2) is 5.67. The van der Waals surface area contributed by atoms with Gasteiger partial charge in [-0.25, -0.2) is 4.79 Å². The minimum Gasteiger partial charge on any atom is -0.476 e. The lowest BCUT2D eigenvalue weighted by atomic mass is 9.77. The number of rotatable bonds is 4. The predicted molar refractivity (Wildman–Crippen MR) is 87.7 cm³/mol. The van der Waals surface area contributed by atoms with E-state index in [1.54, 1.807) is 19.1 Å². The van der Waals surface area contributed by atoms with Gasteiger partial charge in [0, 0.05) is 5.56 Å². The molecule has 0 saturated carbocycles. The number of hydrogen-bond acceptors (Lipinski definition) is 4. The number of ether oxygens (including phenoxy) is 2. The number of carboxylic acid groups (broad SMARTS) is 1. The Morgan fingerprint density at radius 2 is 1.62 bits per heavy atom. The number of aliphatic carboxylic acids is 1. The molecule has 0 aliphatic carbocycles. The molecule has 5 nitrogen and oxygen atoms in total. The number of fused-ring (bicyclic) bond motifs is 1. The van der Waals surface area contributed by atoms with Crippen LogP contribution in [-0.2, 0) is 10.2 Å². The first-order valence-electron chi connectivity index (χ1n) is 7.62. The molecule has 1 heterocycles. The Hall–Kier alpha value is -2.82. The molecule has 1 aliphatic heterocycles. The van der Waals surface area contributed by atoms with E-state index in [2.05, 4.69) is 0 Å². The van der Waals surface area contributed by atoms with Gasteiger partial charge >= 0.3 is 12.3 Å². The van der Waals surface area contributed by atoms with Gasteiger partial charge in [0.25, 0.3) is 0 Å². The Labute approximate surface area is 139 Å². The largest absolute Gasteiger partial charge is 0.476 e. The van der Waals surface area contributed by atoms with E-state index >= 15 is 0 Å². The van der Waals surface area contributed by atoms with Crippen LogP contribution in [0.5, 0.6) is 11.5 Å². The van der Waals surface area contributed by atoms with E-state index in [0.717, 1.165) is 11.1 Å². The first-order chi connectivity index (χ1) is 11.3. The molecular formula is C19H18O5. The first-order valence-corrected chi connectivity index (χ1v) is 7.62. The van der Waals surface area contributed by atoms with Crippen molar-refractivity contribution in [2.24, 2.45) is 0 Å². The molecule has 124 valence electrons. The minimum absolute atomic E-state index is 0.0589. The van der Waals surface area contributed by atoms with Crippen molar-refractivity contribution >= 4 is 11.8 Å². The summed E-state index contributed by atoms with van der Waals surface area (Å²) in [5.41, 5.74) is 1.41. The number of Topliss-reactive ketones (excluding diaryl/α,β-unsaturated/α-hetero) is 1. The van der Waals surface area contributed by atoms with Crippen LogP contribution in [0.3, 0.4) is 0 Å². The fourth-order valence-corrected chi connectivity index (χ4v) is 2.77. The van der Waals surface area contributed by atoms with Gasteiger partial charge < -0.3 is 14.6 Å². The molecule has 0 amide bonds. The van der Waals surface area contributed by atoms with E-state index in [9.17, 15) is 9.59 Å². The third kappa shape index (κ3) is 2.62. The van der Waals surface area contributed by atoms with Crippen LogP contribution in [0.25, 0.3) is 0 Å². The van der Waals surface area contributed by atoms with E-state index < -0.39 is 17.7 Å². The molecule has 5 heteroatoms. The average molecular weight is 326 g/mol. The standard InChI is InChI=1S/C19H18O5/c1-11-9-14-15(24-18(23-14)17(21)22)10-13(11)16(20)19(2,3)12-7-5-4-6-8-12/h4-10,18H,1-3H3,(H,21,22). The Balaban J connectivity index is 1.98. The summed E-state index contributed by atoms with van der Waals surface area (Å²) in [5.74, 6) is -0.646. The van der Waals surface area contributed by atoms with Crippen molar-refractivity contribution in [1.29, 1.82) is 0 Å². The molecule has 1 atom stereocenters. The third-order valence-corrected chi connectivity index (χ3v) is 4.27. The minimum atomic E-state index is -1.37. The van der Waals surface area contributed by atoms with Crippen LogP contribution in [0.2, 0.25) is 0 Å². The summed E-state index contributed by atoms with van der Waals surface area (Å²) in [6.45, 7) is 5.54. The van der Waals surface area contributed by atoms with Crippen LogP contribution in [0.15, 0.2) is 42.5 Å². The van der Waals surface area contributed by atoms with Crippen LogP contribution >= 0.6 is 0 Å². The number of benzene rings is 2. The number of carbonyl (C=O) groups is 2. The SMILES string of the molecule is Cc1cc2c(cc1C(=O)C(C)(C)c1ccccc1)OC(C(=O)O)O2. The molecule has 1 aliphatic rings. The number of carbonyl (C=O) groups excluding carboxylic acids is 1. The van der Waals surface area contributed by atoms with Crippen molar-refractivity contribution in [3.05, 3.63) is 59.2 Å². The van der Waals surface area contributed by atoms with Gasteiger partial charge in [0.05, 0.1) is 5.41 Å². The fourth-order valence-electron chi connectivity index (χ4n) is 2.77. The monoisotopic (exact) mass is 326 g/mol. The van der Waals surface area contributed by atoms with E-state index in [1.165, 1.54) is 0 Å². The van der Waals surface area contributed by atoms with Gasteiger partial charge in [-0.1, -0.05) is 30.3 Å². The second-order valence-electron chi connectivity index (χ2n) is 6.34. The number of ketones is 1. The van der Waals surface area contributed by atoms with E-state index in [1.807, 2.05) is 44.2 Å². The van der Waals surface area contributed by atoms with Gasteiger partial charge in [-0.05, 0) is 44.0 Å². The summed E-state index contributed by atoms with van der Waals surface area (Å²) in [4.78, 5) is 24.1. The smallest absolute Gasteiger partial charge is 0.387 e. The quantitative estimate of drug-likeness (QED) is 0.872. The molecule has 0 radical (unpaired) electrons. The second-order valence-corrected chi connectivity index (χ2v) is 6.34. The Bertz CT molecular complexity index is 808. The highest BCUT2D eigenvalue weighted by atomic mass is 16.7. The number of hydrogen-bond donors (Lipinski definition) is 1. The zero-order valence-corrected chi connectivity index (χ0v) is 13.7. The lowest BCUT2D eigenvalue weighted by Crippen LogP contribution is -2.29. The molecule has 0 bridgehead atoms. The van der Waals surface area contributed by atoms with Gasteiger partial charge in [0.15, 0.2) is 17.3 Å². The highest BCUT2D eigenvalue weighted by Gasteiger charge is 2.35. The van der Waals surface area contributed by atoms with Gasteiger partial charge in [0.1, 0.15) is 0 Å². The van der Waals surface area contributed by atoms with Crippen molar-refractivity contribution in [2.45, 2.75) is 32.5 Å². The normalized spacial score (nSPS) is 16.0. The zero-order chi connectivity index (χ0) is 17.5. The Morgan fingerprint density at radius 3 is 2.21 bits per heavy atom. The molecular weight excluding hydrogens is 308 g/mol. The average Bonchev–Trinajstić information content (AvgIpc) is 2.97. The van der Waals surface area contributed by atoms with Crippen LogP contribution in [0, 0.1) is 6.92 Å². The molecule has 0 saturated heterocycles. The lowest BCUT2D eigenvalue weighted by Gasteiger charge is -2.24. The van der Waals surface area contributed by atoms with E-state index in [0.29, 0.717) is 11.3 Å². The summed E-state index contributed by atoms with van der Waals surface area (Å²) in [6, 6.07) is 12.7. The molecule has 24 heavy (non-hydrogen) atoms. The molecule has 0 fully saturated rings. The van der Waals surface area contributed by atoms with Gasteiger partial charge in [-0.3, -0.25) is 4.79 Å². The topological polar surface area (TPSA) is 72.8 Å². The molecule has 1 unspecified atom stereocenters. The van der Waals surface area contributed by atoms with Crippen molar-refractivity contribution in [3.8, 4) is 11.5 Å². The molecule has 2 aromatic rings. The molecule has 3 rings (SSSR count). The molecule has 0 aromatic heterocycles. The van der Waals surface area contributed by atoms with Crippen molar-refractivity contribution in [3.63, 3.8) is 0 Å². The van der Waals surface area contributed by atoms with Crippen LogP contribution in [0.1, 0.15) is 35.3 Å². The molecule has 1 N–H and O–H groups in total. The number of aryl methyl sites for hydroxylation is 1. The maximum Gasteiger partial charge on any atom is 0.387 e. The van der Waals surface area contributed by atoms with Crippen molar-refractivity contribution in [2.75, 3.05) is 0 Å². The van der Waals surface area contributed by atoms with Crippen LogP contribution < -0.4 is 9.47 Å².